The molecule has 1 aromatic heterocycles. The van der Waals surface area contributed by atoms with Crippen molar-refractivity contribution in [3.8, 4) is 5.75 Å². The second-order valence-corrected chi connectivity index (χ2v) is 3.79. The number of carbonyl (C=O) groups is 1. The molecule has 94 valence electrons. The van der Waals surface area contributed by atoms with Gasteiger partial charge in [0.1, 0.15) is 0 Å². The van der Waals surface area contributed by atoms with Gasteiger partial charge in [-0.25, -0.2) is 4.98 Å². The highest BCUT2D eigenvalue weighted by Gasteiger charge is 2.19. The van der Waals surface area contributed by atoms with Crippen LogP contribution in [-0.4, -0.2) is 22.4 Å². The first-order chi connectivity index (χ1) is 8.69. The molecule has 1 heterocycles. The molecule has 0 unspecified atom stereocenters. The summed E-state index contributed by atoms with van der Waals surface area (Å²) in [5.41, 5.74) is 6.66. The molecule has 2 N–H and O–H groups in total. The second kappa shape index (κ2) is 4.91. The minimum Gasteiger partial charge on any atom is -0.494 e. The second-order valence-electron chi connectivity index (χ2n) is 3.79. The van der Waals surface area contributed by atoms with Crippen LogP contribution in [0.15, 0.2) is 30.6 Å². The van der Waals surface area contributed by atoms with Crippen LogP contribution >= 0.6 is 0 Å². The van der Waals surface area contributed by atoms with E-state index in [1.54, 1.807) is 35.2 Å². The van der Waals surface area contributed by atoms with Crippen LogP contribution in [0, 0.1) is 0 Å². The number of nitrogens with zero attached hydrogens (tertiary/aromatic N) is 2. The van der Waals surface area contributed by atoms with Gasteiger partial charge in [0.25, 0.3) is 0 Å². The molecule has 0 aliphatic carbocycles. The van der Waals surface area contributed by atoms with Crippen LogP contribution in [0.5, 0.6) is 5.75 Å². The number of para-hydroxylation sites is 1. The van der Waals surface area contributed by atoms with Gasteiger partial charge in [-0.3, -0.25) is 4.79 Å². The lowest BCUT2D eigenvalue weighted by Crippen LogP contribution is -2.12. The molecule has 2 aromatic rings. The van der Waals surface area contributed by atoms with Gasteiger partial charge in [-0.1, -0.05) is 6.07 Å². The smallest absolute Gasteiger partial charge is 0.232 e. The molecule has 0 fully saturated rings. The molecule has 0 amide bonds. The van der Waals surface area contributed by atoms with E-state index in [1.165, 1.54) is 7.11 Å². The van der Waals surface area contributed by atoms with E-state index in [4.69, 9.17) is 10.5 Å². The average Bonchev–Trinajstić information content (AvgIpc) is 2.85. The van der Waals surface area contributed by atoms with E-state index in [9.17, 15) is 4.79 Å². The lowest BCUT2D eigenvalue weighted by molar-refractivity contribution is 0.102. The highest BCUT2D eigenvalue weighted by Crippen LogP contribution is 2.27. The Morgan fingerprint density at radius 3 is 2.94 bits per heavy atom. The van der Waals surface area contributed by atoms with Crippen LogP contribution in [0.1, 0.15) is 23.1 Å². The lowest BCUT2D eigenvalue weighted by atomic mass is 10.1. The van der Waals surface area contributed by atoms with Crippen molar-refractivity contribution in [3.05, 3.63) is 42.0 Å². The molecular formula is C13H15N3O2. The number of imidazole rings is 1. The lowest BCUT2D eigenvalue weighted by Gasteiger charge is -2.10. The molecule has 1 aromatic carbocycles. The molecule has 0 spiro atoms. The summed E-state index contributed by atoms with van der Waals surface area (Å²) >= 11 is 0. The summed E-state index contributed by atoms with van der Waals surface area (Å²) in [6.45, 7) is 2.64. The Hall–Kier alpha value is -2.30. The maximum Gasteiger partial charge on any atom is 0.232 e. The van der Waals surface area contributed by atoms with E-state index >= 15 is 0 Å². The van der Waals surface area contributed by atoms with Gasteiger partial charge in [0.15, 0.2) is 11.6 Å². The van der Waals surface area contributed by atoms with Gasteiger partial charge in [-0.15, -0.1) is 0 Å². The molecule has 0 radical (unpaired) electrons. The molecule has 5 nitrogen and oxygen atoms in total. The van der Waals surface area contributed by atoms with Crippen molar-refractivity contribution in [2.24, 2.45) is 0 Å². The molecule has 18 heavy (non-hydrogen) atoms. The number of nitrogens with two attached hydrogens (primary N) is 1. The van der Waals surface area contributed by atoms with Crippen LogP contribution in [0.25, 0.3) is 0 Å². The summed E-state index contributed by atoms with van der Waals surface area (Å²) in [5.74, 6) is 0.598. The van der Waals surface area contributed by atoms with Crippen LogP contribution in [-0.2, 0) is 6.54 Å². The summed E-state index contributed by atoms with van der Waals surface area (Å²) in [5, 5.41) is 0. The van der Waals surface area contributed by atoms with Gasteiger partial charge in [0.2, 0.25) is 5.78 Å². The zero-order chi connectivity index (χ0) is 13.1. The van der Waals surface area contributed by atoms with Crippen molar-refractivity contribution < 1.29 is 9.53 Å². The van der Waals surface area contributed by atoms with Gasteiger partial charge >= 0.3 is 0 Å². The van der Waals surface area contributed by atoms with Crippen molar-refractivity contribution >= 4 is 11.5 Å². The molecule has 0 saturated heterocycles. The van der Waals surface area contributed by atoms with Crippen molar-refractivity contribution in [1.29, 1.82) is 0 Å². The molecule has 0 saturated carbocycles. The summed E-state index contributed by atoms with van der Waals surface area (Å²) in [4.78, 5) is 16.5. The van der Waals surface area contributed by atoms with E-state index < -0.39 is 0 Å². The third-order valence-corrected chi connectivity index (χ3v) is 2.75. The highest BCUT2D eigenvalue weighted by atomic mass is 16.5. The van der Waals surface area contributed by atoms with Crippen LogP contribution in [0.2, 0.25) is 0 Å². The first-order valence-electron chi connectivity index (χ1n) is 5.67. The highest BCUT2D eigenvalue weighted by molar-refractivity contribution is 6.09. The largest absolute Gasteiger partial charge is 0.494 e. The standard InChI is InChI=1S/C13H15N3O2/c1-3-16-8-7-15-13(16)11(17)9-5-4-6-10(14)12(9)18-2/h4-8H,3,14H2,1-2H3. The predicted octanol–water partition coefficient (Wildman–Crippen LogP) is 1.72. The Labute approximate surface area is 105 Å². The zero-order valence-electron chi connectivity index (χ0n) is 10.4. The Morgan fingerprint density at radius 2 is 2.28 bits per heavy atom. The average molecular weight is 245 g/mol. The van der Waals surface area contributed by atoms with E-state index in [-0.39, 0.29) is 5.78 Å². The van der Waals surface area contributed by atoms with Gasteiger partial charge < -0.3 is 15.0 Å². The maximum atomic E-state index is 12.4. The summed E-state index contributed by atoms with van der Waals surface area (Å²) in [6.07, 6.45) is 3.38. The third-order valence-electron chi connectivity index (χ3n) is 2.75. The molecule has 2 rings (SSSR count). The van der Waals surface area contributed by atoms with Gasteiger partial charge in [0.05, 0.1) is 18.4 Å². The fourth-order valence-corrected chi connectivity index (χ4v) is 1.86. The number of aromatic nitrogens is 2. The first-order valence-corrected chi connectivity index (χ1v) is 5.67. The van der Waals surface area contributed by atoms with E-state index in [2.05, 4.69) is 4.98 Å². The molecule has 0 aliphatic rings. The number of ketones is 1. The minimum absolute atomic E-state index is 0.189. The molecule has 0 bridgehead atoms. The third kappa shape index (κ3) is 1.95. The van der Waals surface area contributed by atoms with E-state index in [1.807, 2.05) is 6.92 Å². The summed E-state index contributed by atoms with van der Waals surface area (Å²) in [7, 11) is 1.49. The Kier molecular flexibility index (Phi) is 3.32. The van der Waals surface area contributed by atoms with Gasteiger partial charge in [0, 0.05) is 18.9 Å². The number of anilines is 1. The van der Waals surface area contributed by atoms with Crippen LogP contribution in [0.4, 0.5) is 5.69 Å². The molecular weight excluding hydrogens is 230 g/mol. The number of benzene rings is 1. The van der Waals surface area contributed by atoms with Crippen molar-refractivity contribution in [1.82, 2.24) is 9.55 Å². The topological polar surface area (TPSA) is 70.1 Å². The van der Waals surface area contributed by atoms with E-state index in [0.717, 1.165) is 0 Å². The summed E-state index contributed by atoms with van der Waals surface area (Å²) in [6, 6.07) is 5.11. The fourth-order valence-electron chi connectivity index (χ4n) is 1.86. The van der Waals surface area contributed by atoms with Gasteiger partial charge in [-0.05, 0) is 19.1 Å². The SMILES string of the molecule is CCn1ccnc1C(=O)c1cccc(N)c1OC. The monoisotopic (exact) mass is 245 g/mol. The number of hydrogen-bond donors (Lipinski definition) is 1. The van der Waals surface area contributed by atoms with E-state index in [0.29, 0.717) is 29.4 Å². The molecule has 0 aliphatic heterocycles. The Balaban J connectivity index is 2.50. The Morgan fingerprint density at radius 1 is 1.50 bits per heavy atom. The van der Waals surface area contributed by atoms with Crippen molar-refractivity contribution in [2.45, 2.75) is 13.5 Å². The number of rotatable bonds is 4. The van der Waals surface area contributed by atoms with Crippen molar-refractivity contribution in [2.75, 3.05) is 12.8 Å². The molecule has 0 atom stereocenters. The fraction of sp³-hybridized carbons (Fsp3) is 0.231. The number of nitrogen functional groups attached to an aromatic ring is 1. The zero-order valence-corrected chi connectivity index (χ0v) is 10.4. The number of aryl methyl sites for hydroxylation is 1. The van der Waals surface area contributed by atoms with Crippen LogP contribution in [0.3, 0.4) is 0 Å². The summed E-state index contributed by atoms with van der Waals surface area (Å²) < 4.78 is 6.97. The number of methoxy groups -OCH3 is 1. The van der Waals surface area contributed by atoms with Crippen molar-refractivity contribution in [3.63, 3.8) is 0 Å². The number of carbonyl (C=O) groups excluding carboxylic acids is 1. The minimum atomic E-state index is -0.189. The normalized spacial score (nSPS) is 10.3. The Bertz CT molecular complexity index is 575. The number of ether oxygens (including phenoxy) is 1. The quantitative estimate of drug-likeness (QED) is 0.657. The number of hydrogen-bond acceptors (Lipinski definition) is 4. The van der Waals surface area contributed by atoms with Crippen LogP contribution < -0.4 is 10.5 Å². The maximum absolute atomic E-state index is 12.4. The van der Waals surface area contributed by atoms with Gasteiger partial charge in [-0.2, -0.15) is 0 Å². The molecule has 5 heteroatoms. The predicted molar refractivity (Wildman–Crippen MR) is 68.7 cm³/mol. The first kappa shape index (κ1) is 12.2.